The molecule has 7 nitrogen and oxygen atoms in total. The molecule has 0 radical (unpaired) electrons. The molecule has 1 aromatic rings. The second-order valence-corrected chi connectivity index (χ2v) is 9.87. The third kappa shape index (κ3) is 6.71. The van der Waals surface area contributed by atoms with Gasteiger partial charge in [0.15, 0.2) is 5.96 Å². The van der Waals surface area contributed by atoms with Crippen molar-refractivity contribution in [1.82, 2.24) is 20.5 Å². The Kier molecular flexibility index (Phi) is 8.17. The lowest BCUT2D eigenvalue weighted by Crippen LogP contribution is -2.51. The molecular weight excluding hydrogens is 378 g/mol. The molecule has 2 aliphatic rings. The minimum atomic E-state index is -0.0371. The van der Waals surface area contributed by atoms with Gasteiger partial charge in [-0.2, -0.15) is 0 Å². The van der Waals surface area contributed by atoms with Crippen LogP contribution in [0.3, 0.4) is 0 Å². The van der Waals surface area contributed by atoms with Crippen molar-refractivity contribution in [2.75, 3.05) is 45.9 Å². The lowest BCUT2D eigenvalue weighted by atomic mass is 9.73. The Bertz CT molecular complexity index is 667. The van der Waals surface area contributed by atoms with Gasteiger partial charge in [-0.15, -0.1) is 0 Å². The average molecular weight is 420 g/mol. The normalized spacial score (nSPS) is 20.9. The van der Waals surface area contributed by atoms with Gasteiger partial charge in [-0.25, -0.2) is 9.98 Å². The first-order valence-corrected chi connectivity index (χ1v) is 11.7. The van der Waals surface area contributed by atoms with Crippen LogP contribution in [-0.2, 0) is 16.7 Å². The molecule has 1 saturated carbocycles. The van der Waals surface area contributed by atoms with Gasteiger partial charge in [0.1, 0.15) is 12.3 Å². The predicted octanol–water partition coefficient (Wildman–Crippen LogP) is 3.31. The highest BCUT2D eigenvalue weighted by molar-refractivity contribution is 5.79. The SMILES string of the molecule is CCNC(=NCc1ncc(C(C)(C)C)o1)NCC1(CN2CCOCC2)CCCCC1. The summed E-state index contributed by atoms with van der Waals surface area (Å²) in [5.74, 6) is 2.41. The van der Waals surface area contributed by atoms with E-state index in [1.54, 1.807) is 0 Å². The molecule has 1 saturated heterocycles. The van der Waals surface area contributed by atoms with Crippen LogP contribution in [0.2, 0.25) is 0 Å². The zero-order valence-corrected chi connectivity index (χ0v) is 19.4. The number of guanidine groups is 1. The van der Waals surface area contributed by atoms with Gasteiger partial charge in [-0.05, 0) is 19.8 Å². The Labute approximate surface area is 182 Å². The molecule has 2 heterocycles. The van der Waals surface area contributed by atoms with Gasteiger partial charge in [-0.3, -0.25) is 4.90 Å². The Balaban J connectivity index is 1.61. The summed E-state index contributed by atoms with van der Waals surface area (Å²) in [6.45, 7) is 15.7. The Morgan fingerprint density at radius 2 is 1.90 bits per heavy atom. The standard InChI is InChI=1S/C23H41N5O2/c1-5-24-21(26-16-20-25-15-19(30-20)22(2,3)4)27-17-23(9-7-6-8-10-23)18-28-11-13-29-14-12-28/h15H,5-14,16-18H2,1-4H3,(H2,24,26,27). The number of aromatic nitrogens is 1. The summed E-state index contributed by atoms with van der Waals surface area (Å²) in [5.41, 5.74) is 0.276. The Morgan fingerprint density at radius 3 is 2.53 bits per heavy atom. The molecule has 7 heteroatoms. The molecule has 0 spiro atoms. The first-order chi connectivity index (χ1) is 14.4. The van der Waals surface area contributed by atoms with E-state index in [2.05, 4.69) is 48.2 Å². The number of nitrogens with one attached hydrogen (secondary N) is 2. The van der Waals surface area contributed by atoms with Crippen molar-refractivity contribution >= 4 is 5.96 Å². The van der Waals surface area contributed by atoms with Gasteiger partial charge in [0.2, 0.25) is 5.89 Å². The number of hydrogen-bond donors (Lipinski definition) is 2. The third-order valence-corrected chi connectivity index (χ3v) is 6.22. The highest BCUT2D eigenvalue weighted by Crippen LogP contribution is 2.36. The number of ether oxygens (including phenoxy) is 1. The van der Waals surface area contributed by atoms with Crippen molar-refractivity contribution in [3.05, 3.63) is 17.8 Å². The average Bonchev–Trinajstić information content (AvgIpc) is 3.21. The summed E-state index contributed by atoms with van der Waals surface area (Å²) < 4.78 is 11.4. The van der Waals surface area contributed by atoms with E-state index in [1.807, 2.05) is 6.20 Å². The topological polar surface area (TPSA) is 74.9 Å². The highest BCUT2D eigenvalue weighted by atomic mass is 16.5. The number of rotatable bonds is 7. The summed E-state index contributed by atoms with van der Waals surface area (Å²) in [7, 11) is 0. The second kappa shape index (κ2) is 10.6. The number of morpholine rings is 1. The van der Waals surface area contributed by atoms with Crippen LogP contribution in [0, 0.1) is 5.41 Å². The molecular formula is C23H41N5O2. The molecule has 0 unspecified atom stereocenters. The Hall–Kier alpha value is -1.60. The van der Waals surface area contributed by atoms with Crippen LogP contribution in [0.1, 0.15) is 71.5 Å². The first kappa shape index (κ1) is 23.1. The summed E-state index contributed by atoms with van der Waals surface area (Å²) in [6, 6.07) is 0. The molecule has 30 heavy (non-hydrogen) atoms. The molecule has 2 N–H and O–H groups in total. The van der Waals surface area contributed by atoms with E-state index in [4.69, 9.17) is 14.1 Å². The van der Waals surface area contributed by atoms with Crippen molar-refractivity contribution in [1.29, 1.82) is 0 Å². The summed E-state index contributed by atoms with van der Waals surface area (Å²) in [5, 5.41) is 7.03. The smallest absolute Gasteiger partial charge is 0.216 e. The number of aliphatic imine (C=N–C) groups is 1. The summed E-state index contributed by atoms with van der Waals surface area (Å²) >= 11 is 0. The molecule has 3 rings (SSSR count). The fourth-order valence-electron chi connectivity index (χ4n) is 4.42. The van der Waals surface area contributed by atoms with Gasteiger partial charge >= 0.3 is 0 Å². The predicted molar refractivity (Wildman–Crippen MR) is 121 cm³/mol. The van der Waals surface area contributed by atoms with Crippen LogP contribution in [0.25, 0.3) is 0 Å². The lowest BCUT2D eigenvalue weighted by Gasteiger charge is -2.42. The van der Waals surface area contributed by atoms with Crippen molar-refractivity contribution in [2.45, 2.75) is 71.8 Å². The van der Waals surface area contributed by atoms with Crippen molar-refractivity contribution < 1.29 is 9.15 Å². The van der Waals surface area contributed by atoms with Gasteiger partial charge in [0.05, 0.1) is 19.4 Å². The van der Waals surface area contributed by atoms with Gasteiger partial charge in [0.25, 0.3) is 0 Å². The Morgan fingerprint density at radius 1 is 1.17 bits per heavy atom. The van der Waals surface area contributed by atoms with Crippen molar-refractivity contribution in [3.63, 3.8) is 0 Å². The summed E-state index contributed by atoms with van der Waals surface area (Å²) in [6.07, 6.45) is 8.40. The largest absolute Gasteiger partial charge is 0.443 e. The van der Waals surface area contributed by atoms with Crippen molar-refractivity contribution in [2.24, 2.45) is 10.4 Å². The zero-order valence-electron chi connectivity index (χ0n) is 19.4. The maximum atomic E-state index is 5.90. The molecule has 1 aliphatic carbocycles. The molecule has 0 amide bonds. The van der Waals surface area contributed by atoms with E-state index in [0.717, 1.165) is 57.7 Å². The zero-order chi connectivity index (χ0) is 21.5. The molecule has 2 fully saturated rings. The monoisotopic (exact) mass is 419 g/mol. The van der Waals surface area contributed by atoms with E-state index < -0.39 is 0 Å². The first-order valence-electron chi connectivity index (χ1n) is 11.7. The fraction of sp³-hybridized carbons (Fsp3) is 0.826. The molecule has 0 atom stereocenters. The quantitative estimate of drug-likeness (QED) is 0.522. The lowest BCUT2D eigenvalue weighted by molar-refractivity contribution is 0.00820. The van der Waals surface area contributed by atoms with Gasteiger partial charge in [-0.1, -0.05) is 40.0 Å². The molecule has 1 aliphatic heterocycles. The highest BCUT2D eigenvalue weighted by Gasteiger charge is 2.34. The van der Waals surface area contributed by atoms with Crippen LogP contribution in [0.15, 0.2) is 15.6 Å². The van der Waals surface area contributed by atoms with Crippen molar-refractivity contribution in [3.8, 4) is 0 Å². The molecule has 1 aromatic heterocycles. The van der Waals surface area contributed by atoms with E-state index in [-0.39, 0.29) is 5.41 Å². The molecule has 170 valence electrons. The third-order valence-electron chi connectivity index (χ3n) is 6.22. The number of hydrogen-bond acceptors (Lipinski definition) is 5. The van der Waals surface area contributed by atoms with E-state index in [1.165, 1.54) is 32.1 Å². The summed E-state index contributed by atoms with van der Waals surface area (Å²) in [4.78, 5) is 11.7. The number of nitrogens with zero attached hydrogens (tertiary/aromatic N) is 3. The maximum Gasteiger partial charge on any atom is 0.216 e. The number of oxazole rings is 1. The minimum Gasteiger partial charge on any atom is -0.443 e. The van der Waals surface area contributed by atoms with E-state index in [0.29, 0.717) is 17.9 Å². The van der Waals surface area contributed by atoms with Crippen LogP contribution in [0.5, 0.6) is 0 Å². The molecule has 0 aromatic carbocycles. The van der Waals surface area contributed by atoms with Crippen LogP contribution >= 0.6 is 0 Å². The fourth-order valence-corrected chi connectivity index (χ4v) is 4.42. The second-order valence-electron chi connectivity index (χ2n) is 9.87. The van der Waals surface area contributed by atoms with E-state index >= 15 is 0 Å². The van der Waals surface area contributed by atoms with Gasteiger partial charge < -0.3 is 19.8 Å². The van der Waals surface area contributed by atoms with Gasteiger partial charge in [0, 0.05) is 43.6 Å². The maximum absolute atomic E-state index is 5.90. The van der Waals surface area contributed by atoms with E-state index in [9.17, 15) is 0 Å². The minimum absolute atomic E-state index is 0.0371. The molecule has 0 bridgehead atoms. The van der Waals surface area contributed by atoms with Crippen LogP contribution in [-0.4, -0.2) is 61.8 Å². The van der Waals surface area contributed by atoms with Crippen LogP contribution < -0.4 is 10.6 Å². The van der Waals surface area contributed by atoms with Crippen LogP contribution in [0.4, 0.5) is 0 Å².